The van der Waals surface area contributed by atoms with Crippen LogP contribution < -0.4 is 31.5 Å². The Labute approximate surface area is 279 Å². The predicted octanol–water partition coefficient (Wildman–Crippen LogP) is 3.62. The van der Waals surface area contributed by atoms with Gasteiger partial charge in [0.15, 0.2) is 17.5 Å². The molecule has 1 fully saturated rings. The van der Waals surface area contributed by atoms with E-state index in [2.05, 4.69) is 20.6 Å². The summed E-state index contributed by atoms with van der Waals surface area (Å²) in [7, 11) is 1.86. The van der Waals surface area contributed by atoms with Crippen molar-refractivity contribution in [2.45, 2.75) is 37.8 Å². The van der Waals surface area contributed by atoms with E-state index in [0.717, 1.165) is 35.7 Å². The summed E-state index contributed by atoms with van der Waals surface area (Å²) in [5.41, 5.74) is 1.25. The second kappa shape index (κ2) is 13.6. The Kier molecular flexibility index (Phi) is 8.89. The van der Waals surface area contributed by atoms with Gasteiger partial charge >= 0.3 is 5.69 Å². The number of fused-ring (bicyclic) bond motifs is 2. The summed E-state index contributed by atoms with van der Waals surface area (Å²) in [6.07, 6.45) is 7.07. The molecule has 2 aliphatic heterocycles. The minimum Gasteiger partial charge on any atom is -0.492 e. The van der Waals surface area contributed by atoms with Gasteiger partial charge in [0, 0.05) is 30.9 Å². The van der Waals surface area contributed by atoms with Gasteiger partial charge in [-0.05, 0) is 74.2 Å². The second-order valence-corrected chi connectivity index (χ2v) is 12.1. The molecule has 0 unspecified atom stereocenters. The number of nitrogens with zero attached hydrogens (tertiary/aromatic N) is 6. The molecule has 4 heterocycles. The smallest absolute Gasteiger partial charge is 0.337 e. The van der Waals surface area contributed by atoms with Crippen LogP contribution in [0.15, 0.2) is 99.5 Å². The van der Waals surface area contributed by atoms with Crippen LogP contribution in [0.2, 0.25) is 0 Å². The Morgan fingerprint density at radius 2 is 1.86 bits per heavy atom. The summed E-state index contributed by atoms with van der Waals surface area (Å²) in [5, 5.41) is 6.50. The zero-order valence-electron chi connectivity index (χ0n) is 26.7. The molecular formula is C35H34F2N8O4+. The fourth-order valence-electron chi connectivity index (χ4n) is 6.44. The number of amides is 1. The lowest BCUT2D eigenvalue weighted by Crippen LogP contribution is -2.45. The number of pyridine rings is 1. The molecule has 2 N–H and O–H groups in total. The van der Waals surface area contributed by atoms with E-state index < -0.39 is 23.1 Å². The van der Waals surface area contributed by atoms with E-state index in [1.54, 1.807) is 6.07 Å². The number of hydrogen-bond acceptors (Lipinski definition) is 9. The lowest BCUT2D eigenvalue weighted by Gasteiger charge is -2.30. The number of aliphatic imine (C=N–C) groups is 1. The summed E-state index contributed by atoms with van der Waals surface area (Å²) in [5.74, 6) is 0.146. The standard InChI is InChI=1S/C35H34F2N8O4/c1-38-14-16-49-28-11-5-22(6-12-28)23-3-2-4-27(17-23)44-32-29(18-24(36)19-39-32)34(47)45(35(44)48)26-9-7-25(8-10-26)40-33(46)30-20-42-21-43(37)15-13-31(42)41-30/h2-6,11-13,15,17-20,25-26,38H,7-10,14,16,21H2,1H3,(H,40,46)/q+1. The molecule has 0 atom stereocenters. The second-order valence-electron chi connectivity index (χ2n) is 12.1. The fraction of sp³-hybridized carbons (Fsp3) is 0.286. The number of nitrogens with one attached hydrogen (secondary N) is 2. The van der Waals surface area contributed by atoms with Crippen molar-refractivity contribution in [3.05, 3.63) is 112 Å². The number of carbonyl (C=O) groups is 1. The zero-order chi connectivity index (χ0) is 34.1. The van der Waals surface area contributed by atoms with E-state index in [-0.39, 0.29) is 35.3 Å². The number of hydrogen-bond donors (Lipinski definition) is 2. The van der Waals surface area contributed by atoms with Crippen molar-refractivity contribution in [1.82, 2.24) is 34.8 Å². The first kappa shape index (κ1) is 32.1. The van der Waals surface area contributed by atoms with Crippen molar-refractivity contribution in [3.63, 3.8) is 0 Å². The molecule has 4 aromatic rings. The maximum absolute atomic E-state index is 14.5. The highest BCUT2D eigenvalue weighted by molar-refractivity contribution is 6.05. The Morgan fingerprint density at radius 1 is 1.06 bits per heavy atom. The number of ether oxygens (including phenoxy) is 1. The third-order valence-electron chi connectivity index (χ3n) is 8.91. The first-order chi connectivity index (χ1) is 23.8. The van der Waals surface area contributed by atoms with Gasteiger partial charge in [-0.3, -0.25) is 14.2 Å². The molecule has 2 aromatic carbocycles. The maximum atomic E-state index is 14.5. The molecule has 0 saturated heterocycles. The van der Waals surface area contributed by atoms with Crippen molar-refractivity contribution < 1.29 is 18.4 Å². The largest absolute Gasteiger partial charge is 0.492 e. The van der Waals surface area contributed by atoms with Crippen LogP contribution >= 0.6 is 0 Å². The summed E-state index contributed by atoms with van der Waals surface area (Å²) < 4.78 is 36.3. The molecule has 1 aliphatic carbocycles. The van der Waals surface area contributed by atoms with E-state index >= 15 is 0 Å². The Morgan fingerprint density at radius 3 is 2.63 bits per heavy atom. The average Bonchev–Trinajstić information content (AvgIpc) is 3.54. The van der Waals surface area contributed by atoms with Gasteiger partial charge in [-0.25, -0.2) is 18.7 Å². The normalized spacial score (nSPS) is 19.0. The van der Waals surface area contributed by atoms with Crippen molar-refractivity contribution in [2.24, 2.45) is 4.99 Å². The number of amidine groups is 1. The minimum atomic E-state index is -0.686. The van der Waals surface area contributed by atoms with E-state index in [9.17, 15) is 23.3 Å². The Bertz CT molecular complexity index is 2120. The van der Waals surface area contributed by atoms with Crippen LogP contribution in [0.1, 0.15) is 31.7 Å². The van der Waals surface area contributed by atoms with Gasteiger partial charge in [0.1, 0.15) is 18.2 Å². The van der Waals surface area contributed by atoms with Gasteiger partial charge in [0.25, 0.3) is 17.3 Å². The number of aromatic nitrogens is 3. The maximum Gasteiger partial charge on any atom is 0.337 e. The molecule has 1 saturated carbocycles. The number of likely N-dealkylation sites (N-methyl/N-ethyl adjacent to an activating group) is 1. The van der Waals surface area contributed by atoms with Gasteiger partial charge in [-0.2, -0.15) is 10.1 Å². The van der Waals surface area contributed by atoms with Gasteiger partial charge in [0.2, 0.25) is 6.67 Å². The highest BCUT2D eigenvalue weighted by atomic mass is 19.2. The zero-order valence-corrected chi connectivity index (χ0v) is 26.7. The summed E-state index contributed by atoms with van der Waals surface area (Å²) in [4.78, 5) is 51.0. The summed E-state index contributed by atoms with van der Waals surface area (Å²) in [6, 6.07) is 15.3. The van der Waals surface area contributed by atoms with Crippen LogP contribution in [0, 0.1) is 5.82 Å². The third kappa shape index (κ3) is 6.52. The monoisotopic (exact) mass is 668 g/mol. The van der Waals surface area contributed by atoms with Crippen LogP contribution in [0.25, 0.3) is 27.8 Å². The topological polar surface area (TPSA) is 129 Å². The first-order valence-corrected chi connectivity index (χ1v) is 16.1. The Balaban J connectivity index is 1.14. The molecular weight excluding hydrogens is 634 g/mol. The van der Waals surface area contributed by atoms with E-state index in [0.29, 0.717) is 48.9 Å². The molecule has 1 radical (unpaired) electrons. The van der Waals surface area contributed by atoms with Gasteiger partial charge in [-0.1, -0.05) is 33.6 Å². The van der Waals surface area contributed by atoms with E-state index in [4.69, 9.17) is 4.74 Å². The van der Waals surface area contributed by atoms with Crippen molar-refractivity contribution >= 4 is 22.8 Å². The highest BCUT2D eigenvalue weighted by Crippen LogP contribution is 2.29. The molecule has 49 heavy (non-hydrogen) atoms. The van der Waals surface area contributed by atoms with Gasteiger partial charge < -0.3 is 15.4 Å². The number of carbonyl (C=O) groups excluding carboxylic acids is 1. The van der Waals surface area contributed by atoms with Gasteiger partial charge in [0.05, 0.1) is 17.3 Å². The molecule has 12 nitrogen and oxygen atoms in total. The SMILES string of the molecule is CNCCOc1ccc(-c2cccc(-n3c(=O)n(C4CCC(NC(=O)C5=C[N+]6CN(F)C=CC6=N5)CC4)c(=O)c4cc(F)cnc43)c2)cc1. The van der Waals surface area contributed by atoms with Crippen molar-refractivity contribution in [3.8, 4) is 22.6 Å². The van der Waals surface area contributed by atoms with E-state index in [1.165, 1.54) is 32.5 Å². The third-order valence-corrected chi connectivity index (χ3v) is 8.91. The fourth-order valence-corrected chi connectivity index (χ4v) is 6.44. The van der Waals surface area contributed by atoms with Crippen LogP contribution in [0.3, 0.4) is 0 Å². The first-order valence-electron chi connectivity index (χ1n) is 16.1. The molecule has 7 rings (SSSR count). The van der Waals surface area contributed by atoms with Crippen LogP contribution in [0.5, 0.6) is 5.75 Å². The van der Waals surface area contributed by atoms with Crippen LogP contribution in [0.4, 0.5) is 8.87 Å². The molecule has 2 aromatic heterocycles. The van der Waals surface area contributed by atoms with Crippen LogP contribution in [-0.4, -0.2) is 63.9 Å². The average molecular weight is 669 g/mol. The molecule has 0 spiro atoms. The van der Waals surface area contributed by atoms with Crippen molar-refractivity contribution in [2.75, 3.05) is 26.9 Å². The summed E-state index contributed by atoms with van der Waals surface area (Å²) in [6.45, 7) is 1.20. The lowest BCUT2D eigenvalue weighted by molar-refractivity contribution is -0.118. The number of rotatable bonds is 9. The van der Waals surface area contributed by atoms with E-state index in [1.807, 2.05) is 49.5 Å². The van der Waals surface area contributed by atoms with Crippen molar-refractivity contribution in [1.29, 1.82) is 0 Å². The van der Waals surface area contributed by atoms with Gasteiger partial charge in [-0.15, -0.1) is 0 Å². The quantitative estimate of drug-likeness (QED) is 0.159. The highest BCUT2D eigenvalue weighted by Gasteiger charge is 2.36. The van der Waals surface area contributed by atoms with Crippen LogP contribution in [-0.2, 0) is 4.79 Å². The molecule has 251 valence electrons. The Hall–Kier alpha value is -5.47. The number of halogens is 2. The number of benzene rings is 2. The lowest BCUT2D eigenvalue weighted by atomic mass is 9.90. The molecule has 3 aliphatic rings. The molecule has 0 bridgehead atoms. The summed E-state index contributed by atoms with van der Waals surface area (Å²) >= 11 is 0. The molecule has 14 heteroatoms. The molecule has 1 amide bonds. The minimum absolute atomic E-state index is 0.00635. The predicted molar refractivity (Wildman–Crippen MR) is 180 cm³/mol.